The van der Waals surface area contributed by atoms with Crippen LogP contribution in [-0.2, 0) is 19.9 Å². The Balaban J connectivity index is 1.92. The van der Waals surface area contributed by atoms with Gasteiger partial charge in [0, 0.05) is 35.6 Å². The number of rotatable bonds is 9. The number of amides is 1. The number of ether oxygens (including phenoxy) is 1. The van der Waals surface area contributed by atoms with Crippen molar-refractivity contribution in [2.24, 2.45) is 0 Å². The number of aromatic nitrogens is 2. The summed E-state index contributed by atoms with van der Waals surface area (Å²) in [5.41, 5.74) is 1.27. The van der Waals surface area contributed by atoms with Gasteiger partial charge in [-0.1, -0.05) is 48.5 Å². The molecule has 1 aromatic heterocycles. The third-order valence-electron chi connectivity index (χ3n) is 6.24. The summed E-state index contributed by atoms with van der Waals surface area (Å²) >= 11 is 0. The van der Waals surface area contributed by atoms with E-state index in [1.807, 2.05) is 6.07 Å². The predicted molar refractivity (Wildman–Crippen MR) is 134 cm³/mol. The van der Waals surface area contributed by atoms with Crippen LogP contribution in [0.1, 0.15) is 35.4 Å². The first-order chi connectivity index (χ1) is 17.7. The van der Waals surface area contributed by atoms with Crippen molar-refractivity contribution >= 4 is 23.5 Å². The number of para-hydroxylation sites is 1. The number of fused-ring (bicyclic) bond motifs is 1. The zero-order valence-electron chi connectivity index (χ0n) is 20.5. The third kappa shape index (κ3) is 5.29. The summed E-state index contributed by atoms with van der Waals surface area (Å²) < 4.78 is 6.04. The number of hydrogen-bond acceptors (Lipinski definition) is 7. The number of aliphatic carboxylic acids is 2. The number of benzene rings is 2. The van der Waals surface area contributed by atoms with Crippen molar-refractivity contribution in [3.63, 3.8) is 0 Å². The summed E-state index contributed by atoms with van der Waals surface area (Å²) in [5.74, 6) is -2.55. The first kappa shape index (κ1) is 25.8. The Hall–Kier alpha value is -4.31. The molecule has 2 aromatic carbocycles. The molecular formula is C27H28N4O6. The number of carboxylic acid groups (broad SMARTS) is 2. The summed E-state index contributed by atoms with van der Waals surface area (Å²) in [5, 5.41) is 22.8. The number of hydrogen-bond donors (Lipinski definition) is 3. The van der Waals surface area contributed by atoms with Crippen LogP contribution in [-0.4, -0.2) is 57.2 Å². The molecule has 2 unspecified atom stereocenters. The van der Waals surface area contributed by atoms with Crippen molar-refractivity contribution in [1.29, 1.82) is 0 Å². The van der Waals surface area contributed by atoms with Crippen molar-refractivity contribution in [1.82, 2.24) is 15.3 Å². The van der Waals surface area contributed by atoms with Gasteiger partial charge < -0.3 is 19.8 Å². The van der Waals surface area contributed by atoms with Crippen LogP contribution < -0.4 is 15.0 Å². The van der Waals surface area contributed by atoms with E-state index in [-0.39, 0.29) is 37.8 Å². The third-order valence-corrected chi connectivity index (χ3v) is 6.24. The number of anilines is 1. The average molecular weight is 505 g/mol. The summed E-state index contributed by atoms with van der Waals surface area (Å²) in [6.07, 6.45) is -1.43. The highest BCUT2D eigenvalue weighted by molar-refractivity contribution is 5.97. The summed E-state index contributed by atoms with van der Waals surface area (Å²) in [6, 6.07) is 17.6. The van der Waals surface area contributed by atoms with Crippen molar-refractivity contribution in [2.45, 2.75) is 38.3 Å². The molecule has 1 aliphatic rings. The van der Waals surface area contributed by atoms with E-state index in [4.69, 9.17) is 9.84 Å². The van der Waals surface area contributed by atoms with E-state index >= 15 is 0 Å². The standard InChI is InChI=1S/C27H28N4O6/c1-17-15-18(2)30-26(29-17)37-24(25(35)36)27(19-9-4-3-5-10-19)20-11-6-7-12-21(20)31(22(32)16-28-27)14-8-13-23(33)34/h3-7,9-12,15,24,28H,8,13-14,16H2,1-2H3,(H,33,34)(H,35,36). The van der Waals surface area contributed by atoms with Gasteiger partial charge in [0.05, 0.1) is 6.54 Å². The highest BCUT2D eigenvalue weighted by atomic mass is 16.5. The molecule has 1 amide bonds. The Morgan fingerprint density at radius 3 is 2.35 bits per heavy atom. The Morgan fingerprint density at radius 2 is 1.70 bits per heavy atom. The molecule has 1 aliphatic heterocycles. The number of nitrogens with zero attached hydrogens (tertiary/aromatic N) is 3. The molecule has 0 fully saturated rings. The van der Waals surface area contributed by atoms with E-state index in [0.717, 1.165) is 0 Å². The SMILES string of the molecule is Cc1cc(C)nc(OC(C(=O)O)C2(c3ccccc3)NCC(=O)N(CCCC(=O)O)c3ccccc32)n1. The normalized spacial score (nSPS) is 18.0. The molecule has 3 aromatic rings. The molecule has 4 rings (SSSR count). The largest absolute Gasteiger partial charge is 0.481 e. The molecular weight excluding hydrogens is 476 g/mol. The first-order valence-corrected chi connectivity index (χ1v) is 11.9. The van der Waals surface area contributed by atoms with Gasteiger partial charge in [-0.05, 0) is 38.0 Å². The fourth-order valence-corrected chi connectivity index (χ4v) is 4.74. The van der Waals surface area contributed by atoms with Crippen LogP contribution in [0.25, 0.3) is 0 Å². The van der Waals surface area contributed by atoms with Crippen LogP contribution in [0.4, 0.5) is 5.69 Å². The fraction of sp³-hybridized carbons (Fsp3) is 0.296. The van der Waals surface area contributed by atoms with Gasteiger partial charge in [-0.25, -0.2) is 14.8 Å². The van der Waals surface area contributed by atoms with Gasteiger partial charge in [-0.2, -0.15) is 0 Å². The molecule has 0 aliphatic carbocycles. The molecule has 37 heavy (non-hydrogen) atoms. The first-order valence-electron chi connectivity index (χ1n) is 11.9. The van der Waals surface area contributed by atoms with Gasteiger partial charge in [0.25, 0.3) is 0 Å². The van der Waals surface area contributed by atoms with Crippen LogP contribution in [0.3, 0.4) is 0 Å². The zero-order valence-corrected chi connectivity index (χ0v) is 20.5. The molecule has 10 heteroatoms. The van der Waals surface area contributed by atoms with Gasteiger partial charge in [0.1, 0.15) is 5.54 Å². The second kappa shape index (κ2) is 10.8. The minimum absolute atomic E-state index is 0.0895. The van der Waals surface area contributed by atoms with Crippen molar-refractivity contribution < 1.29 is 29.3 Å². The minimum atomic E-state index is -1.57. The maximum atomic E-state index is 13.3. The molecule has 0 radical (unpaired) electrons. The van der Waals surface area contributed by atoms with Crippen LogP contribution in [0.5, 0.6) is 6.01 Å². The van der Waals surface area contributed by atoms with E-state index in [9.17, 15) is 19.5 Å². The number of carbonyl (C=O) groups excluding carboxylic acids is 1. The topological polar surface area (TPSA) is 142 Å². The Bertz CT molecular complexity index is 1300. The molecule has 10 nitrogen and oxygen atoms in total. The fourth-order valence-electron chi connectivity index (χ4n) is 4.74. The number of aryl methyl sites for hydroxylation is 2. The lowest BCUT2D eigenvalue weighted by Gasteiger charge is -2.39. The van der Waals surface area contributed by atoms with E-state index in [2.05, 4.69) is 15.3 Å². The maximum absolute atomic E-state index is 13.3. The van der Waals surface area contributed by atoms with Crippen LogP contribution >= 0.6 is 0 Å². The Kier molecular flexibility index (Phi) is 7.49. The Labute approximate surface area is 213 Å². The molecule has 0 spiro atoms. The van der Waals surface area contributed by atoms with Crippen LogP contribution in [0, 0.1) is 13.8 Å². The van der Waals surface area contributed by atoms with E-state index in [1.165, 1.54) is 4.90 Å². The van der Waals surface area contributed by atoms with Gasteiger partial charge in [-0.15, -0.1) is 0 Å². The molecule has 0 saturated heterocycles. The second-order valence-electron chi connectivity index (χ2n) is 8.86. The summed E-state index contributed by atoms with van der Waals surface area (Å²) in [4.78, 5) is 47.4. The summed E-state index contributed by atoms with van der Waals surface area (Å²) in [6.45, 7) is 3.47. The monoisotopic (exact) mass is 504 g/mol. The highest BCUT2D eigenvalue weighted by Crippen LogP contribution is 2.42. The lowest BCUT2D eigenvalue weighted by molar-refractivity contribution is -0.149. The van der Waals surface area contributed by atoms with Crippen molar-refractivity contribution in [3.05, 3.63) is 83.2 Å². The lowest BCUT2D eigenvalue weighted by Crippen LogP contribution is -2.58. The molecule has 3 N–H and O–H groups in total. The van der Waals surface area contributed by atoms with Gasteiger partial charge in [-0.3, -0.25) is 14.9 Å². The van der Waals surface area contributed by atoms with E-state index < -0.39 is 23.6 Å². The zero-order chi connectivity index (χ0) is 26.6. The van der Waals surface area contributed by atoms with E-state index in [1.54, 1.807) is 68.4 Å². The predicted octanol–water partition coefficient (Wildman–Crippen LogP) is 2.67. The van der Waals surface area contributed by atoms with Crippen molar-refractivity contribution in [3.8, 4) is 6.01 Å². The average Bonchev–Trinajstić information content (AvgIpc) is 2.97. The van der Waals surface area contributed by atoms with Crippen LogP contribution in [0.2, 0.25) is 0 Å². The Morgan fingerprint density at radius 1 is 1.05 bits per heavy atom. The molecule has 192 valence electrons. The number of carboxylic acids is 2. The highest BCUT2D eigenvalue weighted by Gasteiger charge is 2.52. The molecule has 0 saturated carbocycles. The molecule has 0 bridgehead atoms. The smallest absolute Gasteiger partial charge is 0.347 e. The molecule has 2 heterocycles. The van der Waals surface area contributed by atoms with Crippen LogP contribution in [0.15, 0.2) is 60.7 Å². The van der Waals surface area contributed by atoms with Gasteiger partial charge in [0.15, 0.2) is 0 Å². The molecule has 2 atom stereocenters. The van der Waals surface area contributed by atoms with Gasteiger partial charge >= 0.3 is 17.9 Å². The van der Waals surface area contributed by atoms with Crippen molar-refractivity contribution in [2.75, 3.05) is 18.0 Å². The second-order valence-corrected chi connectivity index (χ2v) is 8.86. The summed E-state index contributed by atoms with van der Waals surface area (Å²) in [7, 11) is 0. The minimum Gasteiger partial charge on any atom is -0.481 e. The quantitative estimate of drug-likeness (QED) is 0.401. The maximum Gasteiger partial charge on any atom is 0.347 e. The van der Waals surface area contributed by atoms with E-state index in [0.29, 0.717) is 28.2 Å². The number of carbonyl (C=O) groups is 3. The van der Waals surface area contributed by atoms with Gasteiger partial charge in [0.2, 0.25) is 12.0 Å². The lowest BCUT2D eigenvalue weighted by atomic mass is 9.77. The number of nitrogens with one attached hydrogen (secondary N) is 1.